The Kier molecular flexibility index (Phi) is 10.4. The summed E-state index contributed by atoms with van der Waals surface area (Å²) >= 11 is 0. The van der Waals surface area contributed by atoms with Gasteiger partial charge < -0.3 is 19.9 Å². The minimum atomic E-state index is -0.852. The first-order chi connectivity index (χ1) is 7.41. The number of methoxy groups -OCH3 is 1. The molecule has 1 aliphatic rings. The first-order valence-electron chi connectivity index (χ1n) is 5.09. The molecule has 1 heterocycles. The first-order valence-corrected chi connectivity index (χ1v) is 5.09. The van der Waals surface area contributed by atoms with Gasteiger partial charge in [-0.05, 0) is 13.8 Å². The highest BCUT2D eigenvalue weighted by Crippen LogP contribution is 2.07. The maximum absolute atomic E-state index is 10.5. The highest BCUT2D eigenvalue weighted by molar-refractivity contribution is 5.85. The average molecular weight is 268 g/mol. The molecular weight excluding hydrogens is 246 g/mol. The van der Waals surface area contributed by atoms with Crippen molar-refractivity contribution in [2.75, 3.05) is 26.9 Å². The van der Waals surface area contributed by atoms with Crippen LogP contribution in [0, 0.1) is 0 Å². The van der Waals surface area contributed by atoms with Gasteiger partial charge in [0.1, 0.15) is 11.6 Å². The summed E-state index contributed by atoms with van der Waals surface area (Å²) in [4.78, 5) is 10.5. The van der Waals surface area contributed by atoms with Crippen molar-refractivity contribution >= 4 is 18.4 Å². The standard InChI is InChI=1S/C6H10O2.C5H11NO2.ClH/c1-2-3-7-4-6-5-8-6;1-5(2,6)4(7)8-3;/h2,6H,1,3-5H2;6H2,1-3H3;1H. The molecule has 2 N–H and O–H groups in total. The van der Waals surface area contributed by atoms with Crippen molar-refractivity contribution in [3.05, 3.63) is 12.7 Å². The van der Waals surface area contributed by atoms with Gasteiger partial charge in [-0.3, -0.25) is 4.79 Å². The molecule has 1 rings (SSSR count). The summed E-state index contributed by atoms with van der Waals surface area (Å²) in [5.41, 5.74) is 4.46. The number of hydrogen-bond acceptors (Lipinski definition) is 5. The molecule has 1 atom stereocenters. The molecule has 0 aromatic heterocycles. The Morgan fingerprint density at radius 3 is 2.41 bits per heavy atom. The van der Waals surface area contributed by atoms with E-state index in [9.17, 15) is 4.79 Å². The summed E-state index contributed by atoms with van der Waals surface area (Å²) in [7, 11) is 1.32. The van der Waals surface area contributed by atoms with Gasteiger partial charge in [0.25, 0.3) is 0 Å². The largest absolute Gasteiger partial charge is 0.468 e. The van der Waals surface area contributed by atoms with Gasteiger partial charge in [-0.25, -0.2) is 0 Å². The van der Waals surface area contributed by atoms with E-state index in [2.05, 4.69) is 11.3 Å². The van der Waals surface area contributed by atoms with E-state index in [1.165, 1.54) is 7.11 Å². The Morgan fingerprint density at radius 1 is 1.65 bits per heavy atom. The van der Waals surface area contributed by atoms with Crippen LogP contribution in [0.5, 0.6) is 0 Å². The number of halogens is 1. The summed E-state index contributed by atoms with van der Waals surface area (Å²) in [6, 6.07) is 0. The quantitative estimate of drug-likeness (QED) is 0.347. The molecule has 102 valence electrons. The Labute approximate surface area is 109 Å². The predicted octanol–water partition coefficient (Wildman–Crippen LogP) is 0.906. The molecule has 5 nitrogen and oxygen atoms in total. The Balaban J connectivity index is 0. The fraction of sp³-hybridized carbons (Fsp3) is 0.727. The van der Waals surface area contributed by atoms with E-state index in [1.54, 1.807) is 19.9 Å². The third-order valence-corrected chi connectivity index (χ3v) is 1.65. The molecule has 0 aromatic rings. The van der Waals surface area contributed by atoms with Crippen LogP contribution in [0.4, 0.5) is 0 Å². The summed E-state index contributed by atoms with van der Waals surface area (Å²) in [5.74, 6) is -0.391. The first kappa shape index (κ1) is 18.7. The van der Waals surface area contributed by atoms with Gasteiger partial charge in [0.2, 0.25) is 0 Å². The van der Waals surface area contributed by atoms with E-state index in [4.69, 9.17) is 15.2 Å². The Hall–Kier alpha value is -0.620. The van der Waals surface area contributed by atoms with Crippen molar-refractivity contribution in [1.82, 2.24) is 0 Å². The van der Waals surface area contributed by atoms with Gasteiger partial charge in [-0.1, -0.05) is 6.08 Å². The van der Waals surface area contributed by atoms with Gasteiger partial charge in [0.15, 0.2) is 0 Å². The lowest BCUT2D eigenvalue weighted by atomic mass is 10.1. The van der Waals surface area contributed by atoms with Gasteiger partial charge in [-0.15, -0.1) is 19.0 Å². The number of carbonyl (C=O) groups excluding carboxylic acids is 1. The van der Waals surface area contributed by atoms with Crippen LogP contribution in [0.1, 0.15) is 13.8 Å². The fourth-order valence-electron chi connectivity index (χ4n) is 0.710. The summed E-state index contributed by atoms with van der Waals surface area (Å²) in [6.45, 7) is 8.94. The number of epoxide rings is 1. The molecular formula is C11H22ClNO4. The fourth-order valence-corrected chi connectivity index (χ4v) is 0.710. The molecule has 0 saturated carbocycles. The maximum atomic E-state index is 10.5. The van der Waals surface area contributed by atoms with Crippen molar-refractivity contribution in [2.24, 2.45) is 5.73 Å². The lowest BCUT2D eigenvalue weighted by Crippen LogP contribution is -2.42. The number of hydrogen-bond donors (Lipinski definition) is 1. The predicted molar refractivity (Wildman–Crippen MR) is 68.3 cm³/mol. The second-order valence-corrected chi connectivity index (χ2v) is 3.99. The molecule has 17 heavy (non-hydrogen) atoms. The average Bonchev–Trinajstić information content (AvgIpc) is 3.00. The summed E-state index contributed by atoms with van der Waals surface area (Å²) in [5, 5.41) is 0. The number of esters is 1. The third kappa shape index (κ3) is 11.6. The van der Waals surface area contributed by atoms with E-state index >= 15 is 0 Å². The summed E-state index contributed by atoms with van der Waals surface area (Å²) < 4.78 is 14.3. The third-order valence-electron chi connectivity index (χ3n) is 1.65. The monoisotopic (exact) mass is 267 g/mol. The van der Waals surface area contributed by atoms with Crippen LogP contribution < -0.4 is 5.73 Å². The molecule has 0 spiro atoms. The second kappa shape index (κ2) is 9.41. The van der Waals surface area contributed by atoms with Crippen molar-refractivity contribution in [3.63, 3.8) is 0 Å². The zero-order chi connectivity index (χ0) is 12.6. The van der Waals surface area contributed by atoms with Crippen LogP contribution in [0.2, 0.25) is 0 Å². The molecule has 0 radical (unpaired) electrons. The number of rotatable bonds is 5. The zero-order valence-electron chi connectivity index (χ0n) is 10.6. The maximum Gasteiger partial charge on any atom is 0.325 e. The number of ether oxygens (including phenoxy) is 3. The van der Waals surface area contributed by atoms with Gasteiger partial charge in [-0.2, -0.15) is 0 Å². The molecule has 1 aliphatic heterocycles. The van der Waals surface area contributed by atoms with E-state index in [0.29, 0.717) is 12.7 Å². The Bertz CT molecular complexity index is 224. The Morgan fingerprint density at radius 2 is 2.18 bits per heavy atom. The number of carbonyl (C=O) groups is 1. The topological polar surface area (TPSA) is 74.1 Å². The molecule has 1 fully saturated rings. The summed E-state index contributed by atoms with van der Waals surface area (Å²) in [6.07, 6.45) is 2.12. The smallest absolute Gasteiger partial charge is 0.325 e. The van der Waals surface area contributed by atoms with Crippen LogP contribution in [0.15, 0.2) is 12.7 Å². The molecule has 0 aromatic carbocycles. The highest BCUT2D eigenvalue weighted by Gasteiger charge is 2.22. The normalized spacial score (nSPS) is 17.1. The van der Waals surface area contributed by atoms with Gasteiger partial charge >= 0.3 is 5.97 Å². The zero-order valence-corrected chi connectivity index (χ0v) is 11.4. The van der Waals surface area contributed by atoms with Gasteiger partial charge in [0, 0.05) is 0 Å². The van der Waals surface area contributed by atoms with Crippen molar-refractivity contribution in [2.45, 2.75) is 25.5 Å². The second-order valence-electron chi connectivity index (χ2n) is 3.99. The van der Waals surface area contributed by atoms with E-state index in [-0.39, 0.29) is 12.4 Å². The van der Waals surface area contributed by atoms with Crippen LogP contribution in [-0.4, -0.2) is 44.5 Å². The SMILES string of the molecule is C=CCOCC1CO1.COC(=O)C(C)(C)N.Cl. The molecule has 6 heteroatoms. The molecule has 0 aliphatic carbocycles. The van der Waals surface area contributed by atoms with Crippen LogP contribution >= 0.6 is 12.4 Å². The lowest BCUT2D eigenvalue weighted by Gasteiger charge is -2.13. The van der Waals surface area contributed by atoms with Gasteiger partial charge in [0.05, 0.1) is 26.9 Å². The van der Waals surface area contributed by atoms with Crippen LogP contribution in [0.25, 0.3) is 0 Å². The highest BCUT2D eigenvalue weighted by atomic mass is 35.5. The van der Waals surface area contributed by atoms with E-state index in [1.807, 2.05) is 0 Å². The van der Waals surface area contributed by atoms with E-state index < -0.39 is 11.5 Å². The minimum absolute atomic E-state index is 0. The number of nitrogens with two attached hydrogens (primary N) is 1. The van der Waals surface area contributed by atoms with Crippen molar-refractivity contribution < 1.29 is 19.0 Å². The van der Waals surface area contributed by atoms with E-state index in [0.717, 1.165) is 13.2 Å². The molecule has 0 amide bonds. The molecule has 0 bridgehead atoms. The van der Waals surface area contributed by atoms with Crippen molar-refractivity contribution in [1.29, 1.82) is 0 Å². The molecule has 1 unspecified atom stereocenters. The minimum Gasteiger partial charge on any atom is -0.468 e. The lowest BCUT2D eigenvalue weighted by molar-refractivity contribution is -0.145. The van der Waals surface area contributed by atoms with Crippen LogP contribution in [-0.2, 0) is 19.0 Å². The van der Waals surface area contributed by atoms with Crippen molar-refractivity contribution in [3.8, 4) is 0 Å². The molecule has 1 saturated heterocycles. The van der Waals surface area contributed by atoms with Crippen LogP contribution in [0.3, 0.4) is 0 Å².